The van der Waals surface area contributed by atoms with Gasteiger partial charge in [0.15, 0.2) is 6.10 Å². The third-order valence-electron chi connectivity index (χ3n) is 5.34. The van der Waals surface area contributed by atoms with Gasteiger partial charge in [0.2, 0.25) is 0 Å². The Bertz CT molecular complexity index is 1090. The van der Waals surface area contributed by atoms with Gasteiger partial charge < -0.3 is 14.6 Å². The lowest BCUT2D eigenvalue weighted by Crippen LogP contribution is -2.30. The van der Waals surface area contributed by atoms with E-state index in [1.54, 1.807) is 17.6 Å². The molecule has 0 bridgehead atoms. The predicted octanol–water partition coefficient (Wildman–Crippen LogP) is 3.77. The van der Waals surface area contributed by atoms with Crippen LogP contribution in [-0.2, 0) is 16.1 Å². The Balaban J connectivity index is 1.68. The number of carboxylic acids is 1. The van der Waals surface area contributed by atoms with Gasteiger partial charge in [-0.05, 0) is 50.1 Å². The van der Waals surface area contributed by atoms with E-state index in [9.17, 15) is 14.7 Å². The summed E-state index contributed by atoms with van der Waals surface area (Å²) in [5.74, 6) is 0.0978. The van der Waals surface area contributed by atoms with Crippen LogP contribution in [0.15, 0.2) is 53.3 Å². The highest BCUT2D eigenvalue weighted by Gasteiger charge is 2.28. The molecule has 31 heavy (non-hydrogen) atoms. The molecule has 2 atom stereocenters. The number of aryl methyl sites for hydroxylation is 1. The average Bonchev–Trinajstić information content (AvgIpc) is 2.76. The van der Waals surface area contributed by atoms with Gasteiger partial charge in [-0.25, -0.2) is 9.78 Å². The number of fused-ring (bicyclic) bond motifs is 1. The number of hydrogen-bond donors (Lipinski definition) is 1. The Kier molecular flexibility index (Phi) is 7.41. The van der Waals surface area contributed by atoms with Crippen LogP contribution in [0.1, 0.15) is 37.6 Å². The quantitative estimate of drug-likeness (QED) is 0.533. The van der Waals surface area contributed by atoms with Crippen LogP contribution in [0.5, 0.6) is 5.75 Å². The largest absolute Gasteiger partial charge is 0.492 e. The standard InChI is InChI=1S/C24H28N2O5/c1-4-19(22(24(28)29)30-5-2)17-10-12-18(13-11-17)31-15-14-26-16(3)25-21-9-7-6-8-20(21)23(26)27/h6-13,19,22H,4-5,14-15H2,1-3H3,(H,28,29). The maximum Gasteiger partial charge on any atom is 0.333 e. The molecule has 0 amide bonds. The highest BCUT2D eigenvalue weighted by molar-refractivity contribution is 5.77. The first-order chi connectivity index (χ1) is 15.0. The molecule has 0 aliphatic heterocycles. The summed E-state index contributed by atoms with van der Waals surface area (Å²) in [5.41, 5.74) is 1.50. The number of aromatic nitrogens is 2. The average molecular weight is 424 g/mol. The lowest BCUT2D eigenvalue weighted by Gasteiger charge is -2.23. The first-order valence-electron chi connectivity index (χ1n) is 10.5. The van der Waals surface area contributed by atoms with Crippen molar-refractivity contribution in [2.75, 3.05) is 13.2 Å². The van der Waals surface area contributed by atoms with Crippen molar-refractivity contribution in [3.8, 4) is 5.75 Å². The summed E-state index contributed by atoms with van der Waals surface area (Å²) in [6, 6.07) is 14.7. The topological polar surface area (TPSA) is 90.7 Å². The normalized spacial score (nSPS) is 13.1. The van der Waals surface area contributed by atoms with Crippen molar-refractivity contribution in [1.29, 1.82) is 0 Å². The Labute approximate surface area is 181 Å². The van der Waals surface area contributed by atoms with Crippen LogP contribution in [0.3, 0.4) is 0 Å². The van der Waals surface area contributed by atoms with E-state index >= 15 is 0 Å². The molecule has 164 valence electrons. The zero-order valence-electron chi connectivity index (χ0n) is 18.1. The molecule has 3 rings (SSSR count). The van der Waals surface area contributed by atoms with Gasteiger partial charge in [0, 0.05) is 12.5 Å². The number of para-hydroxylation sites is 1. The SMILES string of the molecule is CCOC(C(=O)O)C(CC)c1ccc(OCCn2c(C)nc3ccccc3c2=O)cc1. The highest BCUT2D eigenvalue weighted by atomic mass is 16.5. The van der Waals surface area contributed by atoms with Gasteiger partial charge >= 0.3 is 5.97 Å². The molecule has 2 unspecified atom stereocenters. The molecule has 7 heteroatoms. The van der Waals surface area contributed by atoms with Crippen molar-refractivity contribution in [3.05, 3.63) is 70.3 Å². The minimum absolute atomic E-state index is 0.0801. The summed E-state index contributed by atoms with van der Waals surface area (Å²) < 4.78 is 12.9. The van der Waals surface area contributed by atoms with Crippen molar-refractivity contribution in [3.63, 3.8) is 0 Å². The summed E-state index contributed by atoms with van der Waals surface area (Å²) in [6.45, 7) is 6.59. The third kappa shape index (κ3) is 5.11. The number of nitrogens with zero attached hydrogens (tertiary/aromatic N) is 2. The smallest absolute Gasteiger partial charge is 0.333 e. The number of ether oxygens (including phenoxy) is 2. The lowest BCUT2D eigenvalue weighted by atomic mass is 9.91. The summed E-state index contributed by atoms with van der Waals surface area (Å²) in [6.07, 6.45) is -0.231. The van der Waals surface area contributed by atoms with E-state index in [2.05, 4.69) is 4.98 Å². The van der Waals surface area contributed by atoms with Gasteiger partial charge in [-0.3, -0.25) is 9.36 Å². The molecule has 0 fully saturated rings. The second kappa shape index (κ2) is 10.2. The van der Waals surface area contributed by atoms with Crippen LogP contribution in [0, 0.1) is 6.92 Å². The number of rotatable bonds is 10. The van der Waals surface area contributed by atoms with Crippen molar-refractivity contribution in [2.24, 2.45) is 0 Å². The first kappa shape index (κ1) is 22.5. The minimum Gasteiger partial charge on any atom is -0.492 e. The molecule has 3 aromatic rings. The van der Waals surface area contributed by atoms with Crippen LogP contribution < -0.4 is 10.3 Å². The van der Waals surface area contributed by atoms with Gasteiger partial charge in [0.1, 0.15) is 18.2 Å². The molecule has 0 aliphatic carbocycles. The molecule has 0 aliphatic rings. The van der Waals surface area contributed by atoms with E-state index in [-0.39, 0.29) is 11.5 Å². The van der Waals surface area contributed by atoms with Crippen molar-refractivity contribution in [2.45, 2.75) is 45.8 Å². The van der Waals surface area contributed by atoms with Crippen LogP contribution in [0.4, 0.5) is 0 Å². The van der Waals surface area contributed by atoms with Gasteiger partial charge in [-0.15, -0.1) is 0 Å². The predicted molar refractivity (Wildman–Crippen MR) is 119 cm³/mol. The van der Waals surface area contributed by atoms with Crippen molar-refractivity contribution in [1.82, 2.24) is 9.55 Å². The fraction of sp³-hybridized carbons (Fsp3) is 0.375. The maximum atomic E-state index is 12.7. The number of benzene rings is 2. The maximum absolute atomic E-state index is 12.7. The Hall–Kier alpha value is -3.19. The lowest BCUT2D eigenvalue weighted by molar-refractivity contribution is -0.151. The molecule has 2 aromatic carbocycles. The third-order valence-corrected chi connectivity index (χ3v) is 5.34. The fourth-order valence-corrected chi connectivity index (χ4v) is 3.77. The molecule has 7 nitrogen and oxygen atoms in total. The molecule has 0 spiro atoms. The molecule has 1 N–H and O–H groups in total. The second-order valence-electron chi connectivity index (χ2n) is 7.28. The van der Waals surface area contributed by atoms with Crippen LogP contribution in [-0.4, -0.2) is 39.9 Å². The van der Waals surface area contributed by atoms with Gasteiger partial charge in [-0.2, -0.15) is 0 Å². The van der Waals surface area contributed by atoms with E-state index in [0.717, 1.165) is 5.56 Å². The van der Waals surface area contributed by atoms with E-state index in [4.69, 9.17) is 9.47 Å². The number of hydrogen-bond acceptors (Lipinski definition) is 5. The summed E-state index contributed by atoms with van der Waals surface area (Å²) in [7, 11) is 0. The Morgan fingerprint density at radius 1 is 1.13 bits per heavy atom. The van der Waals surface area contributed by atoms with Crippen LogP contribution in [0.25, 0.3) is 10.9 Å². The monoisotopic (exact) mass is 424 g/mol. The zero-order chi connectivity index (χ0) is 22.4. The molecule has 1 aromatic heterocycles. The zero-order valence-corrected chi connectivity index (χ0v) is 18.1. The van der Waals surface area contributed by atoms with E-state index in [0.29, 0.717) is 48.7 Å². The first-order valence-corrected chi connectivity index (χ1v) is 10.5. The number of carboxylic acid groups (broad SMARTS) is 1. The highest BCUT2D eigenvalue weighted by Crippen LogP contribution is 2.27. The van der Waals surface area contributed by atoms with Crippen molar-refractivity contribution < 1.29 is 19.4 Å². The summed E-state index contributed by atoms with van der Waals surface area (Å²) >= 11 is 0. The molecular weight excluding hydrogens is 396 g/mol. The van der Waals surface area contributed by atoms with E-state index in [1.165, 1.54) is 0 Å². The minimum atomic E-state index is -0.959. The molecular formula is C24H28N2O5. The second-order valence-corrected chi connectivity index (χ2v) is 7.28. The van der Waals surface area contributed by atoms with Crippen molar-refractivity contribution >= 4 is 16.9 Å². The Morgan fingerprint density at radius 3 is 2.48 bits per heavy atom. The van der Waals surface area contributed by atoms with Crippen LogP contribution >= 0.6 is 0 Å². The fourth-order valence-electron chi connectivity index (χ4n) is 3.77. The van der Waals surface area contributed by atoms with Gasteiger partial charge in [0.25, 0.3) is 5.56 Å². The molecule has 0 saturated carbocycles. The summed E-state index contributed by atoms with van der Waals surface area (Å²) in [4.78, 5) is 28.8. The molecule has 1 heterocycles. The Morgan fingerprint density at radius 2 is 1.84 bits per heavy atom. The van der Waals surface area contributed by atoms with Crippen LogP contribution in [0.2, 0.25) is 0 Å². The number of aliphatic carboxylic acids is 1. The summed E-state index contributed by atoms with van der Waals surface area (Å²) in [5, 5.41) is 10.1. The molecule has 0 saturated heterocycles. The van der Waals surface area contributed by atoms with Gasteiger partial charge in [-0.1, -0.05) is 31.2 Å². The molecule has 0 radical (unpaired) electrons. The van der Waals surface area contributed by atoms with Gasteiger partial charge in [0.05, 0.1) is 17.4 Å². The van der Waals surface area contributed by atoms with E-state index < -0.39 is 12.1 Å². The number of carbonyl (C=O) groups is 1. The van der Waals surface area contributed by atoms with E-state index in [1.807, 2.05) is 56.3 Å².